The van der Waals surface area contributed by atoms with Gasteiger partial charge in [0.25, 0.3) is 0 Å². The predicted octanol–water partition coefficient (Wildman–Crippen LogP) is 0.307. The molecule has 0 amide bonds. The number of pyridine rings is 1. The summed E-state index contributed by atoms with van der Waals surface area (Å²) in [5.74, 6) is 0. The molecule has 114 valence electrons. The zero-order valence-corrected chi connectivity index (χ0v) is 12.9. The topological polar surface area (TPSA) is 88.9 Å². The van der Waals surface area contributed by atoms with Crippen LogP contribution in [0.25, 0.3) is 11.0 Å². The Bertz CT molecular complexity index is 762. The van der Waals surface area contributed by atoms with Gasteiger partial charge < -0.3 is 5.32 Å². The molecule has 0 aliphatic carbocycles. The highest BCUT2D eigenvalue weighted by Crippen LogP contribution is 2.19. The van der Waals surface area contributed by atoms with E-state index in [1.165, 1.54) is 6.20 Å². The van der Waals surface area contributed by atoms with Crippen molar-refractivity contribution < 1.29 is 8.42 Å². The summed E-state index contributed by atoms with van der Waals surface area (Å²) in [5, 5.41) is 8.22. The lowest BCUT2D eigenvalue weighted by Crippen LogP contribution is -2.45. The summed E-state index contributed by atoms with van der Waals surface area (Å²) in [5.41, 5.74) is 1.46. The Kier molecular flexibility index (Phi) is 3.68. The molecular formula is C13H19N5O2S. The van der Waals surface area contributed by atoms with Gasteiger partial charge in [0.15, 0.2) is 5.65 Å². The lowest BCUT2D eigenvalue weighted by Gasteiger charge is -2.23. The smallest absolute Gasteiger partial charge is 0.242 e. The van der Waals surface area contributed by atoms with Crippen LogP contribution >= 0.6 is 0 Å². The van der Waals surface area contributed by atoms with Crippen LogP contribution in [0.15, 0.2) is 17.2 Å². The standard InChI is InChI=1S/C13H19N5O2S/c1-9-12-6-11(8-15-13(12)18(2)16-9)21(19,20)17-10-4-3-5-14-7-10/h6,8,10,14,17H,3-5,7H2,1-2H3. The number of piperidine rings is 1. The summed E-state index contributed by atoms with van der Waals surface area (Å²) < 4.78 is 29.3. The van der Waals surface area contributed by atoms with Gasteiger partial charge in [-0.15, -0.1) is 0 Å². The van der Waals surface area contributed by atoms with Gasteiger partial charge in [0.05, 0.1) is 5.69 Å². The average Bonchev–Trinajstić information content (AvgIpc) is 2.74. The third-order valence-corrected chi connectivity index (χ3v) is 5.25. The van der Waals surface area contributed by atoms with Crippen molar-refractivity contribution in [2.75, 3.05) is 13.1 Å². The number of nitrogens with zero attached hydrogens (tertiary/aromatic N) is 3. The largest absolute Gasteiger partial charge is 0.315 e. The third-order valence-electron chi connectivity index (χ3n) is 3.77. The predicted molar refractivity (Wildman–Crippen MR) is 79.5 cm³/mol. The molecule has 3 heterocycles. The fourth-order valence-electron chi connectivity index (χ4n) is 2.68. The van der Waals surface area contributed by atoms with E-state index in [0.717, 1.165) is 30.5 Å². The van der Waals surface area contributed by atoms with Gasteiger partial charge in [-0.3, -0.25) is 4.68 Å². The fraction of sp³-hybridized carbons (Fsp3) is 0.538. The van der Waals surface area contributed by atoms with Crippen LogP contribution in [0.4, 0.5) is 0 Å². The molecule has 1 unspecified atom stereocenters. The van der Waals surface area contributed by atoms with Gasteiger partial charge in [0.1, 0.15) is 4.90 Å². The van der Waals surface area contributed by atoms with Crippen LogP contribution in [0.2, 0.25) is 0 Å². The van der Waals surface area contributed by atoms with E-state index in [0.29, 0.717) is 12.2 Å². The summed E-state index contributed by atoms with van der Waals surface area (Å²) in [4.78, 5) is 4.42. The Morgan fingerprint density at radius 3 is 3.00 bits per heavy atom. The Hall–Kier alpha value is -1.51. The SMILES string of the molecule is Cc1nn(C)c2ncc(S(=O)(=O)NC3CCCNC3)cc12. The molecule has 2 aromatic rings. The molecule has 1 saturated heterocycles. The first-order valence-electron chi connectivity index (χ1n) is 7.00. The van der Waals surface area contributed by atoms with E-state index in [-0.39, 0.29) is 10.9 Å². The summed E-state index contributed by atoms with van der Waals surface area (Å²) in [6.45, 7) is 3.46. The molecule has 21 heavy (non-hydrogen) atoms. The molecule has 0 saturated carbocycles. The maximum absolute atomic E-state index is 12.5. The second kappa shape index (κ2) is 5.36. The number of fused-ring (bicyclic) bond motifs is 1. The van der Waals surface area contributed by atoms with E-state index in [1.54, 1.807) is 17.8 Å². The molecule has 8 heteroatoms. The number of nitrogens with one attached hydrogen (secondary N) is 2. The number of rotatable bonds is 3. The average molecular weight is 309 g/mol. The molecule has 1 fully saturated rings. The second-order valence-electron chi connectivity index (χ2n) is 5.42. The van der Waals surface area contributed by atoms with Gasteiger partial charge in [-0.2, -0.15) is 5.10 Å². The van der Waals surface area contributed by atoms with Crippen LogP contribution in [0.3, 0.4) is 0 Å². The van der Waals surface area contributed by atoms with Gasteiger partial charge in [0.2, 0.25) is 10.0 Å². The molecule has 1 aliphatic heterocycles. The lowest BCUT2D eigenvalue weighted by atomic mass is 10.1. The van der Waals surface area contributed by atoms with Crippen LogP contribution in [0.5, 0.6) is 0 Å². The zero-order valence-electron chi connectivity index (χ0n) is 12.1. The maximum Gasteiger partial charge on any atom is 0.242 e. The normalized spacial score (nSPS) is 20.0. The number of aryl methyl sites for hydroxylation is 2. The van der Waals surface area contributed by atoms with Gasteiger partial charge in [-0.1, -0.05) is 0 Å². The van der Waals surface area contributed by atoms with E-state index < -0.39 is 10.0 Å². The van der Waals surface area contributed by atoms with Gasteiger partial charge in [0, 0.05) is 31.2 Å². The summed E-state index contributed by atoms with van der Waals surface area (Å²) >= 11 is 0. The Morgan fingerprint density at radius 2 is 2.29 bits per heavy atom. The number of aromatic nitrogens is 3. The van der Waals surface area contributed by atoms with Gasteiger partial charge in [-0.25, -0.2) is 18.1 Å². The summed E-state index contributed by atoms with van der Waals surface area (Å²) in [6.07, 6.45) is 3.22. The van der Waals surface area contributed by atoms with E-state index in [4.69, 9.17) is 0 Å². The molecule has 3 rings (SSSR count). The third kappa shape index (κ3) is 2.78. The molecular weight excluding hydrogens is 290 g/mol. The zero-order chi connectivity index (χ0) is 15.0. The first-order valence-corrected chi connectivity index (χ1v) is 8.48. The minimum atomic E-state index is -3.55. The van der Waals surface area contributed by atoms with E-state index in [1.807, 2.05) is 6.92 Å². The highest BCUT2D eigenvalue weighted by atomic mass is 32.2. The molecule has 0 bridgehead atoms. The molecule has 0 radical (unpaired) electrons. The fourth-order valence-corrected chi connectivity index (χ4v) is 3.92. The van der Waals surface area contributed by atoms with Crippen molar-refractivity contribution in [2.45, 2.75) is 30.7 Å². The van der Waals surface area contributed by atoms with Crippen molar-refractivity contribution in [3.8, 4) is 0 Å². The minimum absolute atomic E-state index is 0.0607. The second-order valence-corrected chi connectivity index (χ2v) is 7.13. The van der Waals surface area contributed by atoms with Crippen molar-refractivity contribution in [1.82, 2.24) is 24.8 Å². The van der Waals surface area contributed by atoms with Crippen LogP contribution in [-0.2, 0) is 17.1 Å². The molecule has 0 aromatic carbocycles. The molecule has 1 aliphatic rings. The monoisotopic (exact) mass is 309 g/mol. The van der Waals surface area contributed by atoms with Crippen molar-refractivity contribution in [3.05, 3.63) is 18.0 Å². The summed E-state index contributed by atoms with van der Waals surface area (Å²) in [6, 6.07) is 1.58. The lowest BCUT2D eigenvalue weighted by molar-refractivity contribution is 0.428. The number of hydrogen-bond acceptors (Lipinski definition) is 5. The molecule has 2 N–H and O–H groups in total. The van der Waals surface area contributed by atoms with E-state index >= 15 is 0 Å². The highest BCUT2D eigenvalue weighted by Gasteiger charge is 2.23. The molecule has 2 aromatic heterocycles. The molecule has 1 atom stereocenters. The van der Waals surface area contributed by atoms with Crippen LogP contribution in [-0.4, -0.2) is 42.3 Å². The Morgan fingerprint density at radius 1 is 1.48 bits per heavy atom. The van der Waals surface area contributed by atoms with Crippen molar-refractivity contribution >= 4 is 21.1 Å². The van der Waals surface area contributed by atoms with Gasteiger partial charge in [-0.05, 0) is 32.4 Å². The van der Waals surface area contributed by atoms with Crippen molar-refractivity contribution in [2.24, 2.45) is 7.05 Å². The maximum atomic E-state index is 12.5. The van der Waals surface area contributed by atoms with Crippen molar-refractivity contribution in [3.63, 3.8) is 0 Å². The number of hydrogen-bond donors (Lipinski definition) is 2. The highest BCUT2D eigenvalue weighted by molar-refractivity contribution is 7.89. The van der Waals surface area contributed by atoms with Crippen LogP contribution in [0, 0.1) is 6.92 Å². The summed E-state index contributed by atoms with van der Waals surface area (Å²) in [7, 11) is -1.75. The Balaban J connectivity index is 1.92. The molecule has 0 spiro atoms. The van der Waals surface area contributed by atoms with Crippen LogP contribution < -0.4 is 10.0 Å². The quantitative estimate of drug-likeness (QED) is 0.851. The molecule has 7 nitrogen and oxygen atoms in total. The van der Waals surface area contributed by atoms with Crippen LogP contribution in [0.1, 0.15) is 18.5 Å². The first-order chi connectivity index (χ1) is 9.97. The van der Waals surface area contributed by atoms with Crippen molar-refractivity contribution in [1.29, 1.82) is 0 Å². The Labute approximate surface area is 123 Å². The van der Waals surface area contributed by atoms with Gasteiger partial charge >= 0.3 is 0 Å². The first kappa shape index (κ1) is 14.4. The number of sulfonamides is 1. The minimum Gasteiger partial charge on any atom is -0.315 e. The van der Waals surface area contributed by atoms with E-state index in [9.17, 15) is 8.42 Å². The van der Waals surface area contributed by atoms with E-state index in [2.05, 4.69) is 20.1 Å².